The number of amides is 2. The number of aryl methyl sites for hydroxylation is 1. The molecule has 3 rings (SSSR count). The van der Waals surface area contributed by atoms with Crippen LogP contribution in [0.2, 0.25) is 0 Å². The molecule has 0 aliphatic rings. The van der Waals surface area contributed by atoms with Crippen molar-refractivity contribution in [3.63, 3.8) is 0 Å². The predicted octanol–water partition coefficient (Wildman–Crippen LogP) is 3.76. The molecular weight excluding hydrogens is 518 g/mol. The SMILES string of the molecule is CCC(C(=O)NC)N(Cc1ccc(OC)cc1)C(=O)CN(c1cccc(OC)c1)S(=O)(=O)c1ccc(C)cc1. The van der Waals surface area contributed by atoms with Crippen molar-refractivity contribution in [2.24, 2.45) is 0 Å². The number of anilines is 1. The van der Waals surface area contributed by atoms with Crippen LogP contribution in [0.25, 0.3) is 0 Å². The number of hydrogen-bond acceptors (Lipinski definition) is 6. The lowest BCUT2D eigenvalue weighted by Crippen LogP contribution is -2.51. The van der Waals surface area contributed by atoms with E-state index in [9.17, 15) is 18.0 Å². The van der Waals surface area contributed by atoms with Crippen molar-refractivity contribution >= 4 is 27.5 Å². The van der Waals surface area contributed by atoms with Gasteiger partial charge in [-0.25, -0.2) is 8.42 Å². The van der Waals surface area contributed by atoms with Gasteiger partial charge in [-0.15, -0.1) is 0 Å². The van der Waals surface area contributed by atoms with E-state index < -0.39 is 28.5 Å². The third-order valence-electron chi connectivity index (χ3n) is 6.37. The van der Waals surface area contributed by atoms with Gasteiger partial charge >= 0.3 is 0 Å². The second-order valence-electron chi connectivity index (χ2n) is 8.93. The Kier molecular flexibility index (Phi) is 9.95. The third-order valence-corrected chi connectivity index (χ3v) is 8.16. The van der Waals surface area contributed by atoms with E-state index in [2.05, 4.69) is 5.32 Å². The van der Waals surface area contributed by atoms with Crippen molar-refractivity contribution in [3.8, 4) is 11.5 Å². The summed E-state index contributed by atoms with van der Waals surface area (Å²) in [6.07, 6.45) is 0.339. The molecule has 3 aromatic carbocycles. The van der Waals surface area contributed by atoms with Crippen molar-refractivity contribution in [2.75, 3.05) is 32.1 Å². The van der Waals surface area contributed by atoms with Crippen LogP contribution in [0.5, 0.6) is 11.5 Å². The van der Waals surface area contributed by atoms with Crippen LogP contribution in [0.4, 0.5) is 5.69 Å². The van der Waals surface area contributed by atoms with Crippen molar-refractivity contribution in [1.29, 1.82) is 0 Å². The van der Waals surface area contributed by atoms with E-state index in [0.717, 1.165) is 15.4 Å². The first kappa shape index (κ1) is 29.5. The van der Waals surface area contributed by atoms with Crippen LogP contribution < -0.4 is 19.1 Å². The third kappa shape index (κ3) is 7.08. The van der Waals surface area contributed by atoms with E-state index in [1.807, 2.05) is 6.92 Å². The molecule has 0 saturated carbocycles. The van der Waals surface area contributed by atoms with Gasteiger partial charge < -0.3 is 19.7 Å². The van der Waals surface area contributed by atoms with Crippen LogP contribution in [-0.4, -0.2) is 59.0 Å². The Hall–Kier alpha value is -4.05. The average molecular weight is 554 g/mol. The van der Waals surface area contributed by atoms with E-state index >= 15 is 0 Å². The highest BCUT2D eigenvalue weighted by atomic mass is 32.2. The fourth-order valence-electron chi connectivity index (χ4n) is 4.15. The Labute approximate surface area is 230 Å². The maximum atomic E-state index is 13.9. The van der Waals surface area contributed by atoms with E-state index in [0.29, 0.717) is 17.9 Å². The zero-order chi connectivity index (χ0) is 28.6. The Bertz CT molecular complexity index is 1370. The Balaban J connectivity index is 2.06. The maximum absolute atomic E-state index is 13.9. The molecule has 1 atom stereocenters. The lowest BCUT2D eigenvalue weighted by molar-refractivity contribution is -0.140. The number of nitrogens with one attached hydrogen (secondary N) is 1. The molecule has 208 valence electrons. The summed E-state index contributed by atoms with van der Waals surface area (Å²) >= 11 is 0. The zero-order valence-corrected chi connectivity index (χ0v) is 23.7. The number of ether oxygens (including phenoxy) is 2. The second-order valence-corrected chi connectivity index (χ2v) is 10.8. The van der Waals surface area contributed by atoms with Crippen molar-refractivity contribution in [2.45, 2.75) is 37.8 Å². The summed E-state index contributed by atoms with van der Waals surface area (Å²) in [6, 6.07) is 19.3. The zero-order valence-electron chi connectivity index (χ0n) is 22.9. The number of carbonyl (C=O) groups excluding carboxylic acids is 2. The van der Waals surface area contributed by atoms with Crippen LogP contribution in [0.1, 0.15) is 24.5 Å². The minimum Gasteiger partial charge on any atom is -0.497 e. The van der Waals surface area contributed by atoms with Crippen LogP contribution in [0.3, 0.4) is 0 Å². The summed E-state index contributed by atoms with van der Waals surface area (Å²) in [4.78, 5) is 28.2. The molecule has 0 spiro atoms. The molecule has 1 N–H and O–H groups in total. The molecular formula is C29H35N3O6S. The Morgan fingerprint density at radius 2 is 1.56 bits per heavy atom. The highest BCUT2D eigenvalue weighted by Gasteiger charge is 2.33. The number of methoxy groups -OCH3 is 2. The van der Waals surface area contributed by atoms with Crippen LogP contribution in [-0.2, 0) is 26.2 Å². The Morgan fingerprint density at radius 3 is 2.13 bits per heavy atom. The number of sulfonamides is 1. The van der Waals surface area contributed by atoms with E-state index in [4.69, 9.17) is 9.47 Å². The van der Waals surface area contributed by atoms with Gasteiger partial charge in [-0.1, -0.05) is 42.8 Å². The number of hydrogen-bond donors (Lipinski definition) is 1. The monoisotopic (exact) mass is 553 g/mol. The van der Waals surface area contributed by atoms with Gasteiger partial charge in [0.25, 0.3) is 10.0 Å². The molecule has 0 aliphatic heterocycles. The fraction of sp³-hybridized carbons (Fsp3) is 0.310. The van der Waals surface area contributed by atoms with Crippen molar-refractivity contribution in [3.05, 3.63) is 83.9 Å². The lowest BCUT2D eigenvalue weighted by Gasteiger charge is -2.33. The average Bonchev–Trinajstić information content (AvgIpc) is 2.95. The summed E-state index contributed by atoms with van der Waals surface area (Å²) in [5.74, 6) is 0.229. The molecule has 0 heterocycles. The molecule has 3 aromatic rings. The summed E-state index contributed by atoms with van der Waals surface area (Å²) in [7, 11) is 0.396. The predicted molar refractivity (Wildman–Crippen MR) is 150 cm³/mol. The summed E-state index contributed by atoms with van der Waals surface area (Å²) < 4.78 is 39.4. The van der Waals surface area contributed by atoms with Crippen LogP contribution in [0, 0.1) is 6.92 Å². The molecule has 2 amide bonds. The first-order valence-electron chi connectivity index (χ1n) is 12.5. The highest BCUT2D eigenvalue weighted by molar-refractivity contribution is 7.92. The molecule has 0 saturated heterocycles. The minimum atomic E-state index is -4.15. The fourth-order valence-corrected chi connectivity index (χ4v) is 5.55. The smallest absolute Gasteiger partial charge is 0.264 e. The number of likely N-dealkylation sites (N-methyl/N-ethyl adjacent to an activating group) is 1. The van der Waals surface area contributed by atoms with Gasteiger partial charge in [0.15, 0.2) is 0 Å². The van der Waals surface area contributed by atoms with Gasteiger partial charge in [0.2, 0.25) is 11.8 Å². The van der Waals surface area contributed by atoms with Gasteiger partial charge in [0, 0.05) is 19.7 Å². The quantitative estimate of drug-likeness (QED) is 0.366. The van der Waals surface area contributed by atoms with E-state index in [-0.39, 0.29) is 23.0 Å². The molecule has 0 fully saturated rings. The summed E-state index contributed by atoms with van der Waals surface area (Å²) in [5, 5.41) is 2.62. The molecule has 9 nitrogen and oxygen atoms in total. The van der Waals surface area contributed by atoms with Crippen LogP contribution >= 0.6 is 0 Å². The largest absolute Gasteiger partial charge is 0.497 e. The van der Waals surface area contributed by atoms with Crippen molar-refractivity contribution < 1.29 is 27.5 Å². The number of rotatable bonds is 12. The summed E-state index contributed by atoms with van der Waals surface area (Å²) in [5.41, 5.74) is 1.93. The first-order chi connectivity index (χ1) is 18.6. The molecule has 1 unspecified atom stereocenters. The molecule has 39 heavy (non-hydrogen) atoms. The van der Waals surface area contributed by atoms with Gasteiger partial charge in [0.1, 0.15) is 24.1 Å². The lowest BCUT2D eigenvalue weighted by atomic mass is 10.1. The second kappa shape index (κ2) is 13.1. The summed E-state index contributed by atoms with van der Waals surface area (Å²) in [6.45, 7) is 3.25. The van der Waals surface area contributed by atoms with E-state index in [1.165, 1.54) is 31.2 Å². The normalized spacial score (nSPS) is 11.8. The molecule has 0 bridgehead atoms. The number of nitrogens with zero attached hydrogens (tertiary/aromatic N) is 2. The molecule has 0 aliphatic carbocycles. The molecule has 0 aromatic heterocycles. The minimum absolute atomic E-state index is 0.0452. The maximum Gasteiger partial charge on any atom is 0.264 e. The highest BCUT2D eigenvalue weighted by Crippen LogP contribution is 2.28. The first-order valence-corrected chi connectivity index (χ1v) is 14.0. The van der Waals surface area contributed by atoms with Gasteiger partial charge in [-0.3, -0.25) is 13.9 Å². The number of benzene rings is 3. The number of carbonyl (C=O) groups is 2. The molecule has 0 radical (unpaired) electrons. The van der Waals surface area contributed by atoms with Crippen molar-refractivity contribution in [1.82, 2.24) is 10.2 Å². The van der Waals surface area contributed by atoms with Gasteiger partial charge in [-0.2, -0.15) is 0 Å². The van der Waals surface area contributed by atoms with Gasteiger partial charge in [-0.05, 0) is 55.3 Å². The van der Waals surface area contributed by atoms with Gasteiger partial charge in [0.05, 0.1) is 24.8 Å². The Morgan fingerprint density at radius 1 is 0.923 bits per heavy atom. The van der Waals surface area contributed by atoms with Crippen LogP contribution in [0.15, 0.2) is 77.7 Å². The molecule has 10 heteroatoms. The standard InChI is InChI=1S/C29H35N3O6S/c1-6-27(29(34)30-3)31(19-22-12-14-24(37-4)15-13-22)28(33)20-32(23-8-7-9-25(18-23)38-5)39(35,36)26-16-10-21(2)11-17-26/h7-18,27H,6,19-20H2,1-5H3,(H,30,34). The van der Waals surface area contributed by atoms with E-state index in [1.54, 1.807) is 74.7 Å². The topological polar surface area (TPSA) is 105 Å².